The number of hydrogen-bond donors (Lipinski definition) is 1. The van der Waals surface area contributed by atoms with E-state index in [9.17, 15) is 9.90 Å². The molecule has 28 heavy (non-hydrogen) atoms. The number of piperidine rings is 1. The van der Waals surface area contributed by atoms with Crippen LogP contribution in [0.4, 0.5) is 0 Å². The van der Waals surface area contributed by atoms with Crippen molar-refractivity contribution in [2.75, 3.05) is 26.2 Å². The molecule has 150 valence electrons. The van der Waals surface area contributed by atoms with Crippen molar-refractivity contribution in [3.8, 4) is 16.9 Å². The number of fused-ring (bicyclic) bond motifs is 1. The van der Waals surface area contributed by atoms with Crippen LogP contribution in [0.3, 0.4) is 0 Å². The zero-order valence-electron chi connectivity index (χ0n) is 16.4. The maximum absolute atomic E-state index is 12.8. The van der Waals surface area contributed by atoms with Crippen molar-refractivity contribution in [1.82, 2.24) is 4.90 Å². The molecule has 1 atom stereocenters. The molecule has 0 spiro atoms. The molecule has 5 nitrogen and oxygen atoms in total. The number of aryl methyl sites for hydroxylation is 1. The third-order valence-corrected chi connectivity index (χ3v) is 5.74. The minimum Gasteiger partial charge on any atom is -0.489 e. The van der Waals surface area contributed by atoms with Crippen LogP contribution in [0.25, 0.3) is 11.1 Å². The molecule has 1 aliphatic carbocycles. The van der Waals surface area contributed by atoms with E-state index >= 15 is 0 Å². The predicted molar refractivity (Wildman–Crippen MR) is 109 cm³/mol. The number of hydrogen-bond acceptors (Lipinski definition) is 5. The zero-order valence-corrected chi connectivity index (χ0v) is 16.4. The Morgan fingerprint density at radius 3 is 2.57 bits per heavy atom. The van der Waals surface area contributed by atoms with Crippen LogP contribution in [0.2, 0.25) is 0 Å². The highest BCUT2D eigenvalue weighted by molar-refractivity contribution is 5.71. The molecular weight excluding hydrogens is 354 g/mol. The topological polar surface area (TPSA) is 62.9 Å². The van der Waals surface area contributed by atoms with Crippen LogP contribution >= 0.6 is 0 Å². The van der Waals surface area contributed by atoms with Crippen LogP contribution < -0.4 is 10.4 Å². The summed E-state index contributed by atoms with van der Waals surface area (Å²) in [6.07, 6.45) is 6.78. The van der Waals surface area contributed by atoms with Crippen molar-refractivity contribution in [1.29, 1.82) is 0 Å². The lowest BCUT2D eigenvalue weighted by Gasteiger charge is -2.29. The first-order valence-corrected chi connectivity index (χ1v) is 10.5. The fraction of sp³-hybridized carbons (Fsp3) is 0.522. The van der Waals surface area contributed by atoms with E-state index in [-0.39, 0.29) is 12.2 Å². The minimum atomic E-state index is -0.576. The summed E-state index contributed by atoms with van der Waals surface area (Å²) in [6.45, 7) is 2.88. The fourth-order valence-electron chi connectivity index (χ4n) is 4.32. The van der Waals surface area contributed by atoms with Crippen LogP contribution in [-0.4, -0.2) is 42.4 Å². The average Bonchev–Trinajstić information content (AvgIpc) is 2.73. The monoisotopic (exact) mass is 383 g/mol. The molecule has 0 radical (unpaired) electrons. The van der Waals surface area contributed by atoms with E-state index in [1.54, 1.807) is 0 Å². The Hall–Kier alpha value is -2.11. The van der Waals surface area contributed by atoms with Gasteiger partial charge in [-0.1, -0.05) is 36.8 Å². The Bertz CT molecular complexity index is 840. The molecule has 0 amide bonds. The molecule has 5 heteroatoms. The van der Waals surface area contributed by atoms with Gasteiger partial charge in [-0.2, -0.15) is 0 Å². The first kappa shape index (κ1) is 19.2. The van der Waals surface area contributed by atoms with E-state index in [2.05, 4.69) is 4.90 Å². The lowest BCUT2D eigenvalue weighted by molar-refractivity contribution is 0.0612. The number of aliphatic hydroxyl groups excluding tert-OH is 1. The van der Waals surface area contributed by atoms with E-state index < -0.39 is 6.10 Å². The van der Waals surface area contributed by atoms with Crippen molar-refractivity contribution < 1.29 is 14.3 Å². The summed E-state index contributed by atoms with van der Waals surface area (Å²) in [5.41, 5.74) is 1.92. The van der Waals surface area contributed by atoms with Gasteiger partial charge in [-0.3, -0.25) is 0 Å². The zero-order chi connectivity index (χ0) is 19.3. The van der Waals surface area contributed by atoms with E-state index in [4.69, 9.17) is 9.15 Å². The maximum Gasteiger partial charge on any atom is 0.347 e. The van der Waals surface area contributed by atoms with Gasteiger partial charge in [-0.25, -0.2) is 4.79 Å². The van der Waals surface area contributed by atoms with Gasteiger partial charge in [0.05, 0.1) is 0 Å². The molecule has 1 aromatic carbocycles. The lowest BCUT2D eigenvalue weighted by Crippen LogP contribution is -2.38. The second kappa shape index (κ2) is 8.93. The molecule has 1 aromatic heterocycles. The van der Waals surface area contributed by atoms with E-state index in [0.717, 1.165) is 55.7 Å². The van der Waals surface area contributed by atoms with E-state index in [1.807, 2.05) is 30.3 Å². The number of rotatable bonds is 6. The number of likely N-dealkylation sites (tertiary alicyclic amines) is 1. The largest absolute Gasteiger partial charge is 0.489 e. The summed E-state index contributed by atoms with van der Waals surface area (Å²) >= 11 is 0. The summed E-state index contributed by atoms with van der Waals surface area (Å²) < 4.78 is 11.8. The van der Waals surface area contributed by atoms with Crippen LogP contribution in [0.1, 0.15) is 43.4 Å². The lowest BCUT2D eigenvalue weighted by atomic mass is 9.93. The van der Waals surface area contributed by atoms with E-state index in [0.29, 0.717) is 17.9 Å². The highest BCUT2D eigenvalue weighted by Gasteiger charge is 2.25. The first-order chi connectivity index (χ1) is 13.7. The fourth-order valence-corrected chi connectivity index (χ4v) is 4.32. The molecule has 2 aromatic rings. The number of ether oxygens (including phenoxy) is 1. The van der Waals surface area contributed by atoms with Gasteiger partial charge in [-0.05, 0) is 50.8 Å². The van der Waals surface area contributed by atoms with Crippen molar-refractivity contribution >= 4 is 0 Å². The third kappa shape index (κ3) is 4.31. The van der Waals surface area contributed by atoms with Crippen molar-refractivity contribution in [3.63, 3.8) is 0 Å². The van der Waals surface area contributed by atoms with Gasteiger partial charge < -0.3 is 19.2 Å². The molecule has 0 saturated carbocycles. The molecule has 0 bridgehead atoms. The second-order valence-electron chi connectivity index (χ2n) is 7.89. The van der Waals surface area contributed by atoms with Gasteiger partial charge >= 0.3 is 5.63 Å². The summed E-state index contributed by atoms with van der Waals surface area (Å²) in [5.74, 6) is 1.35. The second-order valence-corrected chi connectivity index (χ2v) is 7.89. The smallest absolute Gasteiger partial charge is 0.347 e. The normalized spacial score (nSPS) is 18.5. The van der Waals surface area contributed by atoms with Crippen molar-refractivity contribution in [3.05, 3.63) is 52.1 Å². The Kier molecular flexibility index (Phi) is 6.13. The standard InChI is InChI=1S/C23H29NO4/c25-18(15-24-13-7-2-8-14-24)16-27-22-19-11-5-6-12-20(19)28-23(26)21(22)17-9-3-1-4-10-17/h1,3-4,9-10,18,25H,2,5-8,11-16H2. The summed E-state index contributed by atoms with van der Waals surface area (Å²) in [5, 5.41) is 10.5. The van der Waals surface area contributed by atoms with Crippen LogP contribution in [0, 0.1) is 0 Å². The highest BCUT2D eigenvalue weighted by Crippen LogP contribution is 2.36. The van der Waals surface area contributed by atoms with Crippen LogP contribution in [0.15, 0.2) is 39.5 Å². The summed E-state index contributed by atoms with van der Waals surface area (Å²) in [7, 11) is 0. The Balaban J connectivity index is 1.59. The predicted octanol–water partition coefficient (Wildman–Crippen LogP) is 3.41. The number of aliphatic hydroxyl groups is 1. The summed E-state index contributed by atoms with van der Waals surface area (Å²) in [4.78, 5) is 15.1. The number of β-amino-alcohol motifs (C(OH)–C–C–N with tert-alkyl or cyclic N) is 1. The Labute approximate surface area is 165 Å². The van der Waals surface area contributed by atoms with Gasteiger partial charge in [0.1, 0.15) is 29.8 Å². The van der Waals surface area contributed by atoms with Gasteiger partial charge in [0, 0.05) is 18.5 Å². The third-order valence-electron chi connectivity index (χ3n) is 5.74. The van der Waals surface area contributed by atoms with Crippen LogP contribution in [-0.2, 0) is 12.8 Å². The SMILES string of the molecule is O=c1oc2c(c(OCC(O)CN3CCCCC3)c1-c1ccccc1)CCCC2. The molecule has 4 rings (SSSR count). The molecule has 1 N–H and O–H groups in total. The van der Waals surface area contributed by atoms with E-state index in [1.165, 1.54) is 19.3 Å². The molecule has 1 saturated heterocycles. The van der Waals surface area contributed by atoms with Gasteiger partial charge in [0.15, 0.2) is 0 Å². The van der Waals surface area contributed by atoms with Gasteiger partial charge in [0.25, 0.3) is 0 Å². The van der Waals surface area contributed by atoms with Crippen LogP contribution in [0.5, 0.6) is 5.75 Å². The molecular formula is C23H29NO4. The molecule has 1 fully saturated rings. The van der Waals surface area contributed by atoms with Crippen molar-refractivity contribution in [2.24, 2.45) is 0 Å². The number of benzene rings is 1. The molecule has 2 heterocycles. The van der Waals surface area contributed by atoms with Crippen molar-refractivity contribution in [2.45, 2.75) is 51.0 Å². The maximum atomic E-state index is 12.8. The average molecular weight is 383 g/mol. The highest BCUT2D eigenvalue weighted by atomic mass is 16.5. The summed E-state index contributed by atoms with van der Waals surface area (Å²) in [6, 6.07) is 9.54. The van der Waals surface area contributed by atoms with Gasteiger partial charge in [-0.15, -0.1) is 0 Å². The quantitative estimate of drug-likeness (QED) is 0.828. The minimum absolute atomic E-state index is 0.187. The first-order valence-electron chi connectivity index (χ1n) is 10.5. The van der Waals surface area contributed by atoms with Gasteiger partial charge in [0.2, 0.25) is 0 Å². The number of nitrogens with zero attached hydrogens (tertiary/aromatic N) is 1. The molecule has 2 aliphatic rings. The molecule has 1 unspecified atom stereocenters. The molecule has 1 aliphatic heterocycles. The Morgan fingerprint density at radius 2 is 1.79 bits per heavy atom. The Morgan fingerprint density at radius 1 is 1.04 bits per heavy atom.